The van der Waals surface area contributed by atoms with E-state index in [-0.39, 0.29) is 12.3 Å². The van der Waals surface area contributed by atoms with E-state index >= 15 is 0 Å². The predicted molar refractivity (Wildman–Crippen MR) is 43.8 cm³/mol. The van der Waals surface area contributed by atoms with Gasteiger partial charge in [-0.1, -0.05) is 0 Å². The number of nitrogens with one attached hydrogen (secondary N) is 2. The zero-order chi connectivity index (χ0) is 10.0. The van der Waals surface area contributed by atoms with Gasteiger partial charge in [-0.3, -0.25) is 14.9 Å². The van der Waals surface area contributed by atoms with Gasteiger partial charge in [-0.25, -0.2) is 4.79 Å². The van der Waals surface area contributed by atoms with Crippen LogP contribution in [0.4, 0.5) is 4.79 Å². The summed E-state index contributed by atoms with van der Waals surface area (Å²) in [7, 11) is 3.19. The third kappa shape index (κ3) is 2.17. The molecule has 0 saturated carbocycles. The highest BCUT2D eigenvalue weighted by Crippen LogP contribution is 2.00. The van der Waals surface area contributed by atoms with Crippen LogP contribution in [-0.2, 0) is 9.59 Å². The molecule has 0 spiro atoms. The maximum Gasteiger partial charge on any atom is 0.322 e. The van der Waals surface area contributed by atoms with E-state index in [9.17, 15) is 14.4 Å². The highest BCUT2D eigenvalue weighted by atomic mass is 16.2. The molecule has 0 aromatic rings. The van der Waals surface area contributed by atoms with E-state index in [1.165, 1.54) is 4.90 Å². The van der Waals surface area contributed by atoms with E-state index < -0.39 is 18.0 Å². The number of urea groups is 1. The normalized spacial score (nSPS) is 20.9. The molecule has 6 heteroatoms. The van der Waals surface area contributed by atoms with Gasteiger partial charge in [-0.15, -0.1) is 0 Å². The Bertz CT molecular complexity index is 262. The Labute approximate surface area is 75.3 Å². The van der Waals surface area contributed by atoms with Gasteiger partial charge in [0.2, 0.25) is 5.91 Å². The summed E-state index contributed by atoms with van der Waals surface area (Å²) in [6.45, 7) is 0. The number of nitrogens with zero attached hydrogens (tertiary/aromatic N) is 1. The Morgan fingerprint density at radius 2 is 2.08 bits per heavy atom. The molecule has 1 fully saturated rings. The van der Waals surface area contributed by atoms with Crippen molar-refractivity contribution in [3.05, 3.63) is 0 Å². The minimum Gasteiger partial charge on any atom is -0.349 e. The summed E-state index contributed by atoms with van der Waals surface area (Å²) in [6.07, 6.45) is 0.00454. The first kappa shape index (κ1) is 9.50. The predicted octanol–water partition coefficient (Wildman–Crippen LogP) is -1.33. The summed E-state index contributed by atoms with van der Waals surface area (Å²) >= 11 is 0. The maximum absolute atomic E-state index is 11.1. The van der Waals surface area contributed by atoms with Crippen molar-refractivity contribution in [3.63, 3.8) is 0 Å². The highest BCUT2D eigenvalue weighted by Gasteiger charge is 2.31. The Kier molecular flexibility index (Phi) is 2.50. The lowest BCUT2D eigenvalue weighted by atomic mass is 10.2. The maximum atomic E-state index is 11.1. The topological polar surface area (TPSA) is 78.5 Å². The van der Waals surface area contributed by atoms with Crippen molar-refractivity contribution in [1.82, 2.24) is 15.5 Å². The summed E-state index contributed by atoms with van der Waals surface area (Å²) in [5, 5.41) is 4.39. The Hall–Kier alpha value is -1.59. The molecule has 0 bridgehead atoms. The van der Waals surface area contributed by atoms with Gasteiger partial charge in [-0.05, 0) is 0 Å². The molecule has 0 aromatic carbocycles. The van der Waals surface area contributed by atoms with Gasteiger partial charge in [0.1, 0.15) is 6.04 Å². The lowest BCUT2D eigenvalue weighted by Gasteiger charge is -2.12. The summed E-state index contributed by atoms with van der Waals surface area (Å²) < 4.78 is 0. The van der Waals surface area contributed by atoms with Crippen molar-refractivity contribution < 1.29 is 14.4 Å². The van der Waals surface area contributed by atoms with Gasteiger partial charge in [0.05, 0.1) is 6.42 Å². The number of hydrogen-bond donors (Lipinski definition) is 2. The van der Waals surface area contributed by atoms with Crippen molar-refractivity contribution in [3.8, 4) is 0 Å². The minimum absolute atomic E-state index is 0.00454. The van der Waals surface area contributed by atoms with Gasteiger partial charge >= 0.3 is 6.03 Å². The standard InChI is InChI=1S/C7H11N3O3/c1-10(2)5(11)3-4-6(12)9-7(13)8-4/h4H,3H2,1-2H3,(H2,8,9,12,13). The van der Waals surface area contributed by atoms with E-state index in [1.807, 2.05) is 0 Å². The van der Waals surface area contributed by atoms with Gasteiger partial charge in [0, 0.05) is 14.1 Å². The number of rotatable bonds is 2. The fraction of sp³-hybridized carbons (Fsp3) is 0.571. The van der Waals surface area contributed by atoms with Crippen molar-refractivity contribution in [2.24, 2.45) is 0 Å². The quantitative estimate of drug-likeness (QED) is 0.523. The summed E-state index contributed by atoms with van der Waals surface area (Å²) in [5.41, 5.74) is 0. The molecule has 1 aliphatic rings. The Morgan fingerprint density at radius 3 is 2.46 bits per heavy atom. The summed E-state index contributed by atoms with van der Waals surface area (Å²) in [4.78, 5) is 34.1. The molecule has 1 saturated heterocycles. The number of imide groups is 1. The average molecular weight is 185 g/mol. The van der Waals surface area contributed by atoms with Gasteiger partial charge in [-0.2, -0.15) is 0 Å². The minimum atomic E-state index is -0.720. The number of carbonyl (C=O) groups is 3. The van der Waals surface area contributed by atoms with E-state index in [0.717, 1.165) is 0 Å². The fourth-order valence-corrected chi connectivity index (χ4v) is 0.960. The van der Waals surface area contributed by atoms with Gasteiger partial charge in [0.15, 0.2) is 0 Å². The van der Waals surface area contributed by atoms with Crippen LogP contribution in [0.3, 0.4) is 0 Å². The second kappa shape index (κ2) is 3.42. The number of carbonyl (C=O) groups excluding carboxylic acids is 3. The van der Waals surface area contributed by atoms with Gasteiger partial charge < -0.3 is 10.2 Å². The second-order valence-corrected chi connectivity index (χ2v) is 3.01. The summed E-state index contributed by atoms with van der Waals surface area (Å²) in [6, 6.07) is -1.26. The van der Waals surface area contributed by atoms with E-state index in [2.05, 4.69) is 10.6 Å². The lowest BCUT2D eigenvalue weighted by molar-refractivity contribution is -0.131. The molecule has 1 aliphatic heterocycles. The smallest absolute Gasteiger partial charge is 0.322 e. The largest absolute Gasteiger partial charge is 0.349 e. The van der Waals surface area contributed by atoms with Crippen LogP contribution < -0.4 is 10.6 Å². The molecule has 13 heavy (non-hydrogen) atoms. The lowest BCUT2D eigenvalue weighted by Crippen LogP contribution is -2.35. The molecule has 0 radical (unpaired) electrons. The van der Waals surface area contributed by atoms with Crippen LogP contribution in [0, 0.1) is 0 Å². The van der Waals surface area contributed by atoms with Crippen LogP contribution in [0.25, 0.3) is 0 Å². The molecule has 0 aromatic heterocycles. The Morgan fingerprint density at radius 1 is 1.46 bits per heavy atom. The van der Waals surface area contributed by atoms with Crippen LogP contribution in [0.5, 0.6) is 0 Å². The first-order chi connectivity index (χ1) is 6.00. The van der Waals surface area contributed by atoms with Crippen molar-refractivity contribution in [1.29, 1.82) is 0 Å². The molecule has 1 atom stereocenters. The van der Waals surface area contributed by atoms with Crippen LogP contribution in [0.2, 0.25) is 0 Å². The summed E-state index contributed by atoms with van der Waals surface area (Å²) in [5.74, 6) is -0.637. The SMILES string of the molecule is CN(C)C(=O)CC1NC(=O)NC1=O. The molecule has 2 N–H and O–H groups in total. The first-order valence-corrected chi connectivity index (χ1v) is 3.82. The third-order valence-corrected chi connectivity index (χ3v) is 1.74. The molecule has 72 valence electrons. The van der Waals surface area contributed by atoms with Gasteiger partial charge in [0.25, 0.3) is 5.91 Å². The molecule has 1 unspecified atom stereocenters. The molecule has 1 heterocycles. The Balaban J connectivity index is 2.51. The van der Waals surface area contributed by atoms with Crippen LogP contribution in [0.15, 0.2) is 0 Å². The molecule has 4 amide bonds. The molecule has 1 rings (SSSR count). The molecule has 0 aliphatic carbocycles. The number of hydrogen-bond acceptors (Lipinski definition) is 3. The van der Waals surface area contributed by atoms with Crippen LogP contribution in [-0.4, -0.2) is 42.9 Å². The first-order valence-electron chi connectivity index (χ1n) is 3.82. The van der Waals surface area contributed by atoms with E-state index in [1.54, 1.807) is 14.1 Å². The second-order valence-electron chi connectivity index (χ2n) is 3.01. The monoisotopic (exact) mass is 185 g/mol. The van der Waals surface area contributed by atoms with Crippen molar-refractivity contribution in [2.45, 2.75) is 12.5 Å². The van der Waals surface area contributed by atoms with Crippen molar-refractivity contribution in [2.75, 3.05) is 14.1 Å². The third-order valence-electron chi connectivity index (χ3n) is 1.74. The zero-order valence-electron chi connectivity index (χ0n) is 7.46. The molecular weight excluding hydrogens is 174 g/mol. The van der Waals surface area contributed by atoms with E-state index in [0.29, 0.717) is 0 Å². The zero-order valence-corrected chi connectivity index (χ0v) is 7.46. The number of amides is 4. The van der Waals surface area contributed by atoms with Crippen LogP contribution >= 0.6 is 0 Å². The fourth-order valence-electron chi connectivity index (χ4n) is 0.960. The van der Waals surface area contributed by atoms with E-state index in [4.69, 9.17) is 0 Å². The van der Waals surface area contributed by atoms with Crippen LogP contribution in [0.1, 0.15) is 6.42 Å². The molecular formula is C7H11N3O3. The molecule has 6 nitrogen and oxygen atoms in total. The van der Waals surface area contributed by atoms with Crippen molar-refractivity contribution >= 4 is 17.8 Å². The average Bonchev–Trinajstić information content (AvgIpc) is 2.30. The highest BCUT2D eigenvalue weighted by molar-refractivity contribution is 6.05.